The van der Waals surface area contributed by atoms with Crippen LogP contribution in [0.5, 0.6) is 0 Å². The van der Waals surface area contributed by atoms with Gasteiger partial charge in [0, 0.05) is 11.1 Å². The molecule has 1 aliphatic carbocycles. The van der Waals surface area contributed by atoms with Gasteiger partial charge < -0.3 is 5.32 Å². The summed E-state index contributed by atoms with van der Waals surface area (Å²) in [5, 5.41) is 4.26. The smallest absolute Gasteiger partial charge is 0.0406 e. The van der Waals surface area contributed by atoms with Gasteiger partial charge in [0.25, 0.3) is 0 Å². The molecule has 15 heavy (non-hydrogen) atoms. The lowest BCUT2D eigenvalue weighted by Gasteiger charge is -2.33. The molecule has 2 heteroatoms. The lowest BCUT2D eigenvalue weighted by atomic mass is 9.78. The minimum atomic E-state index is 0.639. The molecule has 0 aromatic heterocycles. The van der Waals surface area contributed by atoms with E-state index in [1.54, 1.807) is 0 Å². The van der Waals surface area contributed by atoms with Gasteiger partial charge in [-0.15, -0.1) is 0 Å². The van der Waals surface area contributed by atoms with Crippen LogP contribution in [0.15, 0.2) is 24.3 Å². The van der Waals surface area contributed by atoms with Gasteiger partial charge in [-0.3, -0.25) is 0 Å². The first-order valence-corrected chi connectivity index (χ1v) is 6.09. The zero-order valence-electron chi connectivity index (χ0n) is 9.17. The second-order valence-corrected chi connectivity index (χ2v) is 4.85. The summed E-state index contributed by atoms with van der Waals surface area (Å²) in [4.78, 5) is 0. The zero-order valence-corrected chi connectivity index (χ0v) is 9.93. The molecule has 1 aromatic rings. The van der Waals surface area contributed by atoms with Crippen molar-refractivity contribution in [3.05, 3.63) is 34.9 Å². The summed E-state index contributed by atoms with van der Waals surface area (Å²) < 4.78 is 0. The van der Waals surface area contributed by atoms with Crippen LogP contribution in [0.25, 0.3) is 0 Å². The van der Waals surface area contributed by atoms with Crippen molar-refractivity contribution in [2.24, 2.45) is 5.92 Å². The highest BCUT2D eigenvalue weighted by Gasteiger charge is 2.25. The maximum atomic E-state index is 5.87. The number of halogens is 1. The van der Waals surface area contributed by atoms with E-state index in [4.69, 9.17) is 11.6 Å². The van der Waals surface area contributed by atoms with Gasteiger partial charge in [-0.05, 0) is 49.9 Å². The molecule has 1 unspecified atom stereocenters. The zero-order chi connectivity index (χ0) is 10.7. The molecule has 1 atom stereocenters. The summed E-state index contributed by atoms with van der Waals surface area (Å²) in [6, 6.07) is 8.85. The fourth-order valence-corrected chi connectivity index (χ4v) is 2.35. The van der Waals surface area contributed by atoms with Crippen LogP contribution in [-0.2, 0) is 6.42 Å². The Morgan fingerprint density at radius 2 is 2.00 bits per heavy atom. The van der Waals surface area contributed by atoms with Crippen LogP contribution in [-0.4, -0.2) is 13.1 Å². The molecule has 0 spiro atoms. The fourth-order valence-electron chi connectivity index (χ4n) is 2.22. The largest absolute Gasteiger partial charge is 0.316 e. The molecule has 0 radical (unpaired) electrons. The quantitative estimate of drug-likeness (QED) is 0.826. The molecule has 82 valence electrons. The van der Waals surface area contributed by atoms with Gasteiger partial charge in [-0.1, -0.05) is 30.2 Å². The van der Waals surface area contributed by atoms with Crippen molar-refractivity contribution in [1.82, 2.24) is 5.32 Å². The number of nitrogens with one attached hydrogen (secondary N) is 1. The predicted molar refractivity (Wildman–Crippen MR) is 65.3 cm³/mol. The van der Waals surface area contributed by atoms with E-state index in [-0.39, 0.29) is 0 Å². The van der Waals surface area contributed by atoms with Gasteiger partial charge in [-0.25, -0.2) is 0 Å². The first kappa shape index (κ1) is 11.0. The summed E-state index contributed by atoms with van der Waals surface area (Å²) in [6.45, 7) is 0. The van der Waals surface area contributed by atoms with Gasteiger partial charge in [0.15, 0.2) is 0 Å². The van der Waals surface area contributed by atoms with Crippen molar-refractivity contribution >= 4 is 11.6 Å². The maximum Gasteiger partial charge on any atom is 0.0406 e. The number of likely N-dealkylation sites (N-methyl/N-ethyl adjacent to an activating group) is 1. The average Bonchev–Trinajstić information content (AvgIpc) is 2.17. The number of hydrogen-bond donors (Lipinski definition) is 1. The van der Waals surface area contributed by atoms with Crippen LogP contribution < -0.4 is 5.32 Å². The van der Waals surface area contributed by atoms with Crippen LogP contribution in [0.4, 0.5) is 0 Å². The van der Waals surface area contributed by atoms with Crippen molar-refractivity contribution < 1.29 is 0 Å². The summed E-state index contributed by atoms with van der Waals surface area (Å²) in [7, 11) is 2.07. The summed E-state index contributed by atoms with van der Waals surface area (Å²) in [5.74, 6) is 0.880. The van der Waals surface area contributed by atoms with E-state index in [9.17, 15) is 0 Å². The normalized spacial score (nSPS) is 18.5. The second-order valence-electron chi connectivity index (χ2n) is 4.42. The molecule has 1 aliphatic rings. The Morgan fingerprint density at radius 3 is 2.47 bits per heavy atom. The summed E-state index contributed by atoms with van der Waals surface area (Å²) in [5.41, 5.74) is 1.38. The Kier molecular flexibility index (Phi) is 3.66. The van der Waals surface area contributed by atoms with Crippen LogP contribution in [0, 0.1) is 5.92 Å². The molecule has 1 N–H and O–H groups in total. The lowest BCUT2D eigenvalue weighted by Crippen LogP contribution is -2.38. The van der Waals surface area contributed by atoms with Crippen LogP contribution in [0.3, 0.4) is 0 Å². The van der Waals surface area contributed by atoms with Gasteiger partial charge in [0.2, 0.25) is 0 Å². The molecule has 1 nitrogen and oxygen atoms in total. The van der Waals surface area contributed by atoms with Crippen LogP contribution in [0.2, 0.25) is 5.02 Å². The Labute approximate surface area is 96.8 Å². The third-order valence-electron chi connectivity index (χ3n) is 3.46. The van der Waals surface area contributed by atoms with Crippen LogP contribution >= 0.6 is 11.6 Å². The SMILES string of the molecule is CNC(Cc1ccc(Cl)cc1)C1CCC1. The molecule has 0 amide bonds. The van der Waals surface area contributed by atoms with E-state index in [0.29, 0.717) is 6.04 Å². The van der Waals surface area contributed by atoms with Gasteiger partial charge >= 0.3 is 0 Å². The number of hydrogen-bond acceptors (Lipinski definition) is 1. The highest BCUT2D eigenvalue weighted by atomic mass is 35.5. The van der Waals surface area contributed by atoms with E-state index < -0.39 is 0 Å². The van der Waals surface area contributed by atoms with Crippen molar-refractivity contribution in [2.75, 3.05) is 7.05 Å². The van der Waals surface area contributed by atoms with Crippen molar-refractivity contribution in [3.63, 3.8) is 0 Å². The van der Waals surface area contributed by atoms with E-state index >= 15 is 0 Å². The lowest BCUT2D eigenvalue weighted by molar-refractivity contribution is 0.236. The fraction of sp³-hybridized carbons (Fsp3) is 0.538. The van der Waals surface area contributed by atoms with E-state index in [2.05, 4.69) is 24.5 Å². The van der Waals surface area contributed by atoms with E-state index in [1.807, 2.05) is 12.1 Å². The van der Waals surface area contributed by atoms with Gasteiger partial charge in [0.1, 0.15) is 0 Å². The van der Waals surface area contributed by atoms with Gasteiger partial charge in [0.05, 0.1) is 0 Å². The van der Waals surface area contributed by atoms with Crippen molar-refractivity contribution in [3.8, 4) is 0 Å². The highest BCUT2D eigenvalue weighted by Crippen LogP contribution is 2.31. The summed E-state index contributed by atoms with van der Waals surface area (Å²) >= 11 is 5.87. The van der Waals surface area contributed by atoms with E-state index in [1.165, 1.54) is 24.8 Å². The first-order chi connectivity index (χ1) is 7.29. The summed E-state index contributed by atoms with van der Waals surface area (Å²) in [6.07, 6.45) is 5.31. The molecule has 0 saturated heterocycles. The van der Waals surface area contributed by atoms with Gasteiger partial charge in [-0.2, -0.15) is 0 Å². The minimum absolute atomic E-state index is 0.639. The molecular weight excluding hydrogens is 206 g/mol. The molecule has 1 aromatic carbocycles. The predicted octanol–water partition coefficient (Wildman–Crippen LogP) is 3.27. The van der Waals surface area contributed by atoms with E-state index in [0.717, 1.165) is 17.4 Å². The molecule has 0 bridgehead atoms. The van der Waals surface area contributed by atoms with Crippen LogP contribution in [0.1, 0.15) is 24.8 Å². The number of rotatable bonds is 4. The van der Waals surface area contributed by atoms with Crippen molar-refractivity contribution in [1.29, 1.82) is 0 Å². The third kappa shape index (κ3) is 2.73. The average molecular weight is 224 g/mol. The molecule has 1 saturated carbocycles. The maximum absolute atomic E-state index is 5.87. The topological polar surface area (TPSA) is 12.0 Å². The molecule has 2 rings (SSSR count). The minimum Gasteiger partial charge on any atom is -0.316 e. The Balaban J connectivity index is 1.96. The molecular formula is C13H18ClN. The highest BCUT2D eigenvalue weighted by molar-refractivity contribution is 6.30. The molecule has 0 aliphatic heterocycles. The second kappa shape index (κ2) is 5.00. The van der Waals surface area contributed by atoms with Crippen molar-refractivity contribution in [2.45, 2.75) is 31.7 Å². The molecule has 0 heterocycles. The monoisotopic (exact) mass is 223 g/mol. The first-order valence-electron chi connectivity index (χ1n) is 5.71. The Bertz CT molecular complexity index is 303. The number of benzene rings is 1. The molecule has 1 fully saturated rings. The Morgan fingerprint density at radius 1 is 1.33 bits per heavy atom. The Hall–Kier alpha value is -0.530. The standard InChI is InChI=1S/C13H18ClN/c1-15-13(11-3-2-4-11)9-10-5-7-12(14)8-6-10/h5-8,11,13,15H,2-4,9H2,1H3. The third-order valence-corrected chi connectivity index (χ3v) is 3.71.